The Morgan fingerprint density at radius 2 is 2.17 bits per heavy atom. The third-order valence-electron chi connectivity index (χ3n) is 5.10. The van der Waals surface area contributed by atoms with Crippen LogP contribution in [0.5, 0.6) is 0 Å². The van der Waals surface area contributed by atoms with Gasteiger partial charge in [0.15, 0.2) is 0 Å². The number of aromatic nitrogens is 2. The van der Waals surface area contributed by atoms with Crippen molar-refractivity contribution in [2.75, 3.05) is 13.1 Å². The average Bonchev–Trinajstić information content (AvgIpc) is 3.02. The summed E-state index contributed by atoms with van der Waals surface area (Å²) < 4.78 is 18.9. The Hall–Kier alpha value is -1.79. The van der Waals surface area contributed by atoms with Gasteiger partial charge in [-0.15, -0.1) is 0 Å². The fourth-order valence-electron chi connectivity index (χ4n) is 3.21. The van der Waals surface area contributed by atoms with Crippen LogP contribution in [-0.4, -0.2) is 34.2 Å². The highest BCUT2D eigenvalue weighted by atomic mass is 19.1. The zero-order valence-electron chi connectivity index (χ0n) is 14.7. The van der Waals surface area contributed by atoms with Gasteiger partial charge in [0.05, 0.1) is 6.04 Å². The average molecular weight is 332 g/mol. The van der Waals surface area contributed by atoms with E-state index in [-0.39, 0.29) is 23.3 Å². The largest absolute Gasteiger partial charge is 0.337 e. The van der Waals surface area contributed by atoms with E-state index in [4.69, 9.17) is 10.3 Å². The molecule has 0 spiro atoms. The highest BCUT2D eigenvalue weighted by Crippen LogP contribution is 2.33. The van der Waals surface area contributed by atoms with Crippen molar-refractivity contribution >= 4 is 0 Å². The molecule has 2 atom stereocenters. The minimum Gasteiger partial charge on any atom is -0.337 e. The molecule has 5 nitrogen and oxygen atoms in total. The van der Waals surface area contributed by atoms with E-state index in [1.807, 2.05) is 0 Å². The monoisotopic (exact) mass is 332 g/mol. The third-order valence-corrected chi connectivity index (χ3v) is 5.10. The van der Waals surface area contributed by atoms with Gasteiger partial charge in [-0.1, -0.05) is 19.0 Å². The Morgan fingerprint density at radius 3 is 2.83 bits per heavy atom. The number of nitrogens with two attached hydrogens (primary N) is 1. The van der Waals surface area contributed by atoms with Crippen LogP contribution in [0.25, 0.3) is 11.4 Å². The zero-order chi connectivity index (χ0) is 17.5. The second-order valence-electron chi connectivity index (χ2n) is 7.45. The number of rotatable bonds is 3. The molecule has 0 radical (unpaired) electrons. The second kappa shape index (κ2) is 6.26. The van der Waals surface area contributed by atoms with Crippen molar-refractivity contribution in [1.29, 1.82) is 0 Å². The van der Waals surface area contributed by atoms with E-state index in [1.165, 1.54) is 6.07 Å². The maximum absolute atomic E-state index is 13.4. The highest BCUT2D eigenvalue weighted by Gasteiger charge is 2.36. The van der Waals surface area contributed by atoms with Crippen LogP contribution in [-0.2, 0) is 0 Å². The van der Waals surface area contributed by atoms with Crippen LogP contribution in [0.3, 0.4) is 0 Å². The second-order valence-corrected chi connectivity index (χ2v) is 7.45. The molecule has 1 saturated heterocycles. The van der Waals surface area contributed by atoms with E-state index in [1.54, 1.807) is 19.1 Å². The molecule has 0 amide bonds. The van der Waals surface area contributed by atoms with E-state index < -0.39 is 0 Å². The van der Waals surface area contributed by atoms with Crippen molar-refractivity contribution in [3.8, 4) is 11.4 Å². The molecule has 1 fully saturated rings. The lowest BCUT2D eigenvalue weighted by Gasteiger charge is -2.44. The maximum Gasteiger partial charge on any atom is 0.244 e. The molecular weight excluding hydrogens is 307 g/mol. The predicted molar refractivity (Wildman–Crippen MR) is 90.8 cm³/mol. The van der Waals surface area contributed by atoms with Crippen LogP contribution in [0.2, 0.25) is 0 Å². The van der Waals surface area contributed by atoms with Crippen molar-refractivity contribution in [2.24, 2.45) is 11.1 Å². The lowest BCUT2D eigenvalue weighted by Crippen LogP contribution is -2.52. The predicted octanol–water partition coefficient (Wildman–Crippen LogP) is 3.30. The minimum absolute atomic E-state index is 0.0274. The zero-order valence-corrected chi connectivity index (χ0v) is 14.7. The summed E-state index contributed by atoms with van der Waals surface area (Å²) in [5.41, 5.74) is 7.60. The van der Waals surface area contributed by atoms with E-state index in [0.29, 0.717) is 17.3 Å². The number of nitrogens with zero attached hydrogens (tertiary/aromatic N) is 3. The third kappa shape index (κ3) is 3.21. The van der Waals surface area contributed by atoms with Crippen LogP contribution in [0.15, 0.2) is 22.7 Å². The number of hydrogen-bond donors (Lipinski definition) is 1. The Morgan fingerprint density at radius 1 is 1.42 bits per heavy atom. The maximum atomic E-state index is 13.4. The molecule has 2 unspecified atom stereocenters. The SMILES string of the molecule is Cc1cc(-c2noc(C(C)N3CCC(N)C(C)(C)C3)n2)ccc1F. The molecule has 3 rings (SSSR count). The van der Waals surface area contributed by atoms with Crippen LogP contribution in [0, 0.1) is 18.2 Å². The number of benzene rings is 1. The molecule has 0 aliphatic carbocycles. The molecule has 2 heterocycles. The first-order valence-corrected chi connectivity index (χ1v) is 8.38. The van der Waals surface area contributed by atoms with Gasteiger partial charge in [-0.2, -0.15) is 4.98 Å². The number of hydrogen-bond acceptors (Lipinski definition) is 5. The molecule has 0 saturated carbocycles. The molecule has 1 aromatic carbocycles. The van der Waals surface area contributed by atoms with Crippen LogP contribution < -0.4 is 5.73 Å². The summed E-state index contributed by atoms with van der Waals surface area (Å²) in [6, 6.07) is 5.07. The van der Waals surface area contributed by atoms with E-state index >= 15 is 0 Å². The summed E-state index contributed by atoms with van der Waals surface area (Å²) in [5, 5.41) is 4.06. The fraction of sp³-hybridized carbons (Fsp3) is 0.556. The van der Waals surface area contributed by atoms with Gasteiger partial charge in [0.25, 0.3) is 0 Å². The van der Waals surface area contributed by atoms with Gasteiger partial charge in [0, 0.05) is 24.7 Å². The van der Waals surface area contributed by atoms with Gasteiger partial charge in [0.1, 0.15) is 5.82 Å². The molecular formula is C18H25FN4O. The van der Waals surface area contributed by atoms with Crippen molar-refractivity contribution in [1.82, 2.24) is 15.0 Å². The van der Waals surface area contributed by atoms with E-state index in [9.17, 15) is 4.39 Å². The molecule has 1 aromatic heterocycles. The lowest BCUT2D eigenvalue weighted by molar-refractivity contribution is 0.0549. The molecule has 2 aromatic rings. The van der Waals surface area contributed by atoms with Gasteiger partial charge in [-0.25, -0.2) is 4.39 Å². The summed E-state index contributed by atoms with van der Waals surface area (Å²) in [5.74, 6) is 0.842. The van der Waals surface area contributed by atoms with E-state index in [0.717, 1.165) is 25.1 Å². The first kappa shape index (κ1) is 17.0. The molecule has 1 aliphatic heterocycles. The molecule has 6 heteroatoms. The Kier molecular flexibility index (Phi) is 4.44. The highest BCUT2D eigenvalue weighted by molar-refractivity contribution is 5.55. The van der Waals surface area contributed by atoms with Crippen molar-refractivity contribution in [2.45, 2.75) is 46.2 Å². The van der Waals surface area contributed by atoms with E-state index in [2.05, 4.69) is 35.8 Å². The smallest absolute Gasteiger partial charge is 0.244 e. The normalized spacial score (nSPS) is 22.5. The summed E-state index contributed by atoms with van der Waals surface area (Å²) in [6.07, 6.45) is 0.954. The molecule has 2 N–H and O–H groups in total. The Balaban J connectivity index is 1.78. The minimum atomic E-state index is -0.234. The van der Waals surface area contributed by atoms with Crippen LogP contribution >= 0.6 is 0 Å². The first-order valence-electron chi connectivity index (χ1n) is 8.38. The quantitative estimate of drug-likeness (QED) is 0.934. The summed E-state index contributed by atoms with van der Waals surface area (Å²) in [7, 11) is 0. The molecule has 24 heavy (non-hydrogen) atoms. The number of aryl methyl sites for hydroxylation is 1. The topological polar surface area (TPSA) is 68.2 Å². The number of halogens is 1. The number of likely N-dealkylation sites (tertiary alicyclic amines) is 1. The lowest BCUT2D eigenvalue weighted by atomic mass is 9.79. The van der Waals surface area contributed by atoms with Crippen LogP contribution in [0.4, 0.5) is 4.39 Å². The van der Waals surface area contributed by atoms with Gasteiger partial charge in [0.2, 0.25) is 11.7 Å². The van der Waals surface area contributed by atoms with Gasteiger partial charge in [-0.3, -0.25) is 4.90 Å². The van der Waals surface area contributed by atoms with Crippen molar-refractivity contribution in [3.63, 3.8) is 0 Å². The van der Waals surface area contributed by atoms with Crippen LogP contribution in [0.1, 0.15) is 44.7 Å². The number of piperidine rings is 1. The van der Waals surface area contributed by atoms with Crippen molar-refractivity contribution in [3.05, 3.63) is 35.5 Å². The standard InChI is InChI=1S/C18H25FN4O/c1-11-9-13(5-6-14(11)19)16-21-17(24-22-16)12(2)23-8-7-15(20)18(3,4)10-23/h5-6,9,12,15H,7-8,10,20H2,1-4H3. The summed E-state index contributed by atoms with van der Waals surface area (Å²) >= 11 is 0. The van der Waals surface area contributed by atoms with Gasteiger partial charge in [-0.05, 0) is 49.4 Å². The first-order chi connectivity index (χ1) is 11.3. The van der Waals surface area contributed by atoms with Gasteiger partial charge >= 0.3 is 0 Å². The Bertz CT molecular complexity index is 728. The van der Waals surface area contributed by atoms with Gasteiger partial charge < -0.3 is 10.3 Å². The summed E-state index contributed by atoms with van der Waals surface area (Å²) in [4.78, 5) is 6.85. The molecule has 0 bridgehead atoms. The molecule has 130 valence electrons. The Labute approximate surface area is 142 Å². The molecule has 1 aliphatic rings. The van der Waals surface area contributed by atoms with Crippen molar-refractivity contribution < 1.29 is 8.91 Å². The fourth-order valence-corrected chi connectivity index (χ4v) is 3.21. The summed E-state index contributed by atoms with van der Waals surface area (Å²) in [6.45, 7) is 9.98.